The van der Waals surface area contributed by atoms with E-state index < -0.39 is 0 Å². The van der Waals surface area contributed by atoms with Gasteiger partial charge in [-0.2, -0.15) is 0 Å². The van der Waals surface area contributed by atoms with Gasteiger partial charge in [-0.1, -0.05) is 19.1 Å². The van der Waals surface area contributed by atoms with E-state index >= 15 is 0 Å². The van der Waals surface area contributed by atoms with Crippen LogP contribution in [0.15, 0.2) is 18.2 Å². The number of carbonyl (C=O) groups excluding carboxylic acids is 1. The van der Waals surface area contributed by atoms with Gasteiger partial charge in [0.15, 0.2) is 0 Å². The molecule has 0 aliphatic carbocycles. The lowest BCUT2D eigenvalue weighted by Gasteiger charge is -2.22. The standard InChI is InChI=1S/C16H24N4O/c1-5-9-17-16(21)12(3)20(4)10-14-18-13-8-6-7-11(2)15(13)19-14/h6-8,12H,5,9-10H2,1-4H3,(H,17,21)(H,18,19). The third kappa shape index (κ3) is 3.61. The molecular weight excluding hydrogens is 264 g/mol. The Labute approximate surface area is 125 Å². The Morgan fingerprint density at radius 2 is 2.24 bits per heavy atom. The number of nitrogens with one attached hydrogen (secondary N) is 2. The van der Waals surface area contributed by atoms with Crippen molar-refractivity contribution in [1.29, 1.82) is 0 Å². The molecule has 114 valence electrons. The molecule has 1 aromatic heterocycles. The summed E-state index contributed by atoms with van der Waals surface area (Å²) in [6, 6.07) is 5.92. The van der Waals surface area contributed by atoms with E-state index in [9.17, 15) is 4.79 Å². The number of nitrogens with zero attached hydrogens (tertiary/aromatic N) is 2. The number of likely N-dealkylation sites (N-methyl/N-ethyl adjacent to an activating group) is 1. The zero-order chi connectivity index (χ0) is 15.4. The van der Waals surface area contributed by atoms with E-state index in [0.717, 1.165) is 35.4 Å². The van der Waals surface area contributed by atoms with E-state index in [4.69, 9.17) is 0 Å². The van der Waals surface area contributed by atoms with Crippen molar-refractivity contribution in [3.63, 3.8) is 0 Å². The Kier molecular flexibility index (Phi) is 4.96. The maximum absolute atomic E-state index is 12.0. The summed E-state index contributed by atoms with van der Waals surface area (Å²) in [5, 5.41) is 2.92. The lowest BCUT2D eigenvalue weighted by molar-refractivity contribution is -0.125. The number of hydrogen-bond donors (Lipinski definition) is 2. The summed E-state index contributed by atoms with van der Waals surface area (Å²) >= 11 is 0. The Balaban J connectivity index is 2.05. The minimum absolute atomic E-state index is 0.0617. The summed E-state index contributed by atoms with van der Waals surface area (Å²) < 4.78 is 0. The molecule has 5 heteroatoms. The molecule has 0 aliphatic rings. The van der Waals surface area contributed by atoms with Crippen LogP contribution in [0.2, 0.25) is 0 Å². The van der Waals surface area contributed by atoms with E-state index in [1.807, 2.05) is 37.9 Å². The third-order valence-corrected chi connectivity index (χ3v) is 3.75. The van der Waals surface area contributed by atoms with Gasteiger partial charge >= 0.3 is 0 Å². The smallest absolute Gasteiger partial charge is 0.237 e. The first-order chi connectivity index (χ1) is 10.0. The van der Waals surface area contributed by atoms with Crippen molar-refractivity contribution in [1.82, 2.24) is 20.2 Å². The first kappa shape index (κ1) is 15.5. The zero-order valence-corrected chi connectivity index (χ0v) is 13.2. The molecule has 1 unspecified atom stereocenters. The summed E-state index contributed by atoms with van der Waals surface area (Å²) in [7, 11) is 1.94. The molecule has 0 aliphatic heterocycles. The molecule has 21 heavy (non-hydrogen) atoms. The number of carbonyl (C=O) groups is 1. The molecule has 0 bridgehead atoms. The van der Waals surface area contributed by atoms with Gasteiger partial charge in [0, 0.05) is 6.54 Å². The lowest BCUT2D eigenvalue weighted by Crippen LogP contribution is -2.43. The van der Waals surface area contributed by atoms with Gasteiger partial charge in [0.05, 0.1) is 23.6 Å². The lowest BCUT2D eigenvalue weighted by atomic mass is 10.2. The molecule has 0 fully saturated rings. The van der Waals surface area contributed by atoms with Crippen molar-refractivity contribution < 1.29 is 4.79 Å². The van der Waals surface area contributed by atoms with Crippen LogP contribution in [0.5, 0.6) is 0 Å². The van der Waals surface area contributed by atoms with Crippen molar-refractivity contribution in [2.75, 3.05) is 13.6 Å². The van der Waals surface area contributed by atoms with Gasteiger partial charge in [0.1, 0.15) is 5.82 Å². The van der Waals surface area contributed by atoms with Crippen LogP contribution >= 0.6 is 0 Å². The van der Waals surface area contributed by atoms with Crippen LogP contribution in [0, 0.1) is 6.92 Å². The summed E-state index contributed by atoms with van der Waals surface area (Å²) in [5.74, 6) is 0.948. The van der Waals surface area contributed by atoms with Gasteiger partial charge in [-0.15, -0.1) is 0 Å². The molecule has 2 aromatic rings. The average Bonchev–Trinajstić information content (AvgIpc) is 2.87. The number of aryl methyl sites for hydroxylation is 1. The van der Waals surface area contributed by atoms with Crippen molar-refractivity contribution in [3.8, 4) is 0 Å². The van der Waals surface area contributed by atoms with Gasteiger partial charge in [-0.3, -0.25) is 9.69 Å². The monoisotopic (exact) mass is 288 g/mol. The largest absolute Gasteiger partial charge is 0.355 e. The molecule has 0 spiro atoms. The van der Waals surface area contributed by atoms with Crippen molar-refractivity contribution >= 4 is 16.9 Å². The fourth-order valence-corrected chi connectivity index (χ4v) is 2.27. The molecular formula is C16H24N4O. The van der Waals surface area contributed by atoms with E-state index in [1.165, 1.54) is 0 Å². The molecule has 2 N–H and O–H groups in total. The van der Waals surface area contributed by atoms with Gasteiger partial charge in [-0.25, -0.2) is 4.98 Å². The number of aromatic amines is 1. The van der Waals surface area contributed by atoms with Gasteiger partial charge in [0.25, 0.3) is 0 Å². The van der Waals surface area contributed by atoms with E-state index in [0.29, 0.717) is 6.54 Å². The number of aromatic nitrogens is 2. The fraction of sp³-hybridized carbons (Fsp3) is 0.500. The maximum atomic E-state index is 12.0. The number of amides is 1. The number of hydrogen-bond acceptors (Lipinski definition) is 3. The SMILES string of the molecule is CCCNC(=O)C(C)N(C)Cc1nc2c(C)cccc2[nH]1. The van der Waals surface area contributed by atoms with Crippen LogP contribution in [-0.2, 0) is 11.3 Å². The van der Waals surface area contributed by atoms with Crippen LogP contribution in [0.4, 0.5) is 0 Å². The normalized spacial score (nSPS) is 12.8. The second-order valence-corrected chi connectivity index (χ2v) is 5.54. The molecule has 0 saturated carbocycles. The minimum Gasteiger partial charge on any atom is -0.355 e. The summed E-state index contributed by atoms with van der Waals surface area (Å²) in [6.07, 6.45) is 0.949. The van der Waals surface area contributed by atoms with Gasteiger partial charge in [0.2, 0.25) is 5.91 Å². The second kappa shape index (κ2) is 6.72. The van der Waals surface area contributed by atoms with E-state index in [2.05, 4.69) is 28.3 Å². The van der Waals surface area contributed by atoms with Crippen molar-refractivity contribution in [2.45, 2.75) is 39.8 Å². The molecule has 1 atom stereocenters. The van der Waals surface area contributed by atoms with Crippen LogP contribution in [0.25, 0.3) is 11.0 Å². The second-order valence-electron chi connectivity index (χ2n) is 5.54. The van der Waals surface area contributed by atoms with Crippen molar-refractivity contribution in [3.05, 3.63) is 29.6 Å². The third-order valence-electron chi connectivity index (χ3n) is 3.75. The van der Waals surface area contributed by atoms with E-state index in [1.54, 1.807) is 0 Å². The Hall–Kier alpha value is -1.88. The summed E-state index contributed by atoms with van der Waals surface area (Å²) in [6.45, 7) is 7.36. The van der Waals surface area contributed by atoms with Crippen LogP contribution in [0.1, 0.15) is 31.7 Å². The van der Waals surface area contributed by atoms with Crippen molar-refractivity contribution in [2.24, 2.45) is 0 Å². The summed E-state index contributed by atoms with van der Waals surface area (Å²) in [4.78, 5) is 21.9. The van der Waals surface area contributed by atoms with Crippen LogP contribution < -0.4 is 5.32 Å². The number of benzene rings is 1. The molecule has 0 radical (unpaired) electrons. The number of H-pyrrole nitrogens is 1. The first-order valence-electron chi connectivity index (χ1n) is 7.45. The first-order valence-corrected chi connectivity index (χ1v) is 7.45. The number of para-hydroxylation sites is 1. The molecule has 5 nitrogen and oxygen atoms in total. The van der Waals surface area contributed by atoms with Crippen LogP contribution in [0.3, 0.4) is 0 Å². The predicted molar refractivity (Wildman–Crippen MR) is 85.1 cm³/mol. The highest BCUT2D eigenvalue weighted by Crippen LogP contribution is 2.16. The number of imidazole rings is 1. The van der Waals surface area contributed by atoms with E-state index in [-0.39, 0.29) is 11.9 Å². The van der Waals surface area contributed by atoms with Crippen LogP contribution in [-0.4, -0.2) is 40.4 Å². The molecule has 1 amide bonds. The van der Waals surface area contributed by atoms with Gasteiger partial charge < -0.3 is 10.3 Å². The highest BCUT2D eigenvalue weighted by molar-refractivity contribution is 5.81. The fourth-order valence-electron chi connectivity index (χ4n) is 2.27. The maximum Gasteiger partial charge on any atom is 0.237 e. The average molecular weight is 288 g/mol. The zero-order valence-electron chi connectivity index (χ0n) is 13.2. The molecule has 1 heterocycles. The Morgan fingerprint density at radius 1 is 1.48 bits per heavy atom. The molecule has 2 rings (SSSR count). The highest BCUT2D eigenvalue weighted by Gasteiger charge is 2.18. The number of rotatable bonds is 6. The Bertz CT molecular complexity index is 620. The molecule has 1 aromatic carbocycles. The highest BCUT2D eigenvalue weighted by atomic mass is 16.2. The quantitative estimate of drug-likeness (QED) is 0.857. The topological polar surface area (TPSA) is 61.0 Å². The Morgan fingerprint density at radius 3 is 2.90 bits per heavy atom. The summed E-state index contributed by atoms with van der Waals surface area (Å²) in [5.41, 5.74) is 3.21. The molecule has 0 saturated heterocycles. The number of fused-ring (bicyclic) bond motifs is 1. The van der Waals surface area contributed by atoms with Gasteiger partial charge in [-0.05, 0) is 38.9 Å². The minimum atomic E-state index is -0.175. The predicted octanol–water partition coefficient (Wildman–Crippen LogP) is 2.22.